The first-order valence-electron chi connectivity index (χ1n) is 7.36. The molecule has 102 valence electrons. The van der Waals surface area contributed by atoms with Gasteiger partial charge in [0, 0.05) is 18.7 Å². The molecule has 3 heteroatoms. The molecule has 0 atom stereocenters. The quantitative estimate of drug-likeness (QED) is 0.872. The van der Waals surface area contributed by atoms with E-state index in [1.54, 1.807) is 0 Å². The summed E-state index contributed by atoms with van der Waals surface area (Å²) in [6, 6.07) is 4.80. The number of hydrogen-bond acceptors (Lipinski definition) is 1. The van der Waals surface area contributed by atoms with Crippen LogP contribution in [0.5, 0.6) is 0 Å². The van der Waals surface area contributed by atoms with Crippen molar-refractivity contribution >= 4 is 5.84 Å². The van der Waals surface area contributed by atoms with Crippen molar-refractivity contribution in [2.75, 3.05) is 6.54 Å². The third-order valence-electron chi connectivity index (χ3n) is 4.52. The first-order chi connectivity index (χ1) is 9.24. The third kappa shape index (κ3) is 2.65. The number of nitrogens with zero attached hydrogens (tertiary/aromatic N) is 1. The summed E-state index contributed by atoms with van der Waals surface area (Å²) in [6.45, 7) is 1.71. The number of nitrogens with one attached hydrogen (secondary N) is 1. The monoisotopic (exact) mass is 260 g/mol. The molecule has 0 saturated heterocycles. The highest BCUT2D eigenvalue weighted by Crippen LogP contribution is 2.29. The molecule has 1 saturated carbocycles. The molecule has 0 unspecified atom stereocenters. The predicted molar refractivity (Wildman–Crippen MR) is 74.8 cm³/mol. The molecule has 1 aliphatic carbocycles. The Morgan fingerprint density at radius 2 is 2.05 bits per heavy atom. The zero-order valence-electron chi connectivity index (χ0n) is 11.3. The highest BCUT2D eigenvalue weighted by Gasteiger charge is 2.24. The number of benzene rings is 1. The van der Waals surface area contributed by atoms with Crippen LogP contribution in [0.25, 0.3) is 0 Å². The van der Waals surface area contributed by atoms with Crippen molar-refractivity contribution in [1.29, 1.82) is 5.41 Å². The second-order valence-corrected chi connectivity index (χ2v) is 5.86. The highest BCUT2D eigenvalue weighted by atomic mass is 19.1. The molecule has 1 heterocycles. The minimum Gasteiger partial charge on any atom is -0.352 e. The van der Waals surface area contributed by atoms with Gasteiger partial charge in [0.2, 0.25) is 0 Å². The lowest BCUT2D eigenvalue weighted by Gasteiger charge is -2.18. The minimum absolute atomic E-state index is 0.240. The zero-order chi connectivity index (χ0) is 13.2. The SMILES string of the molecule is N=C1c2cc(F)ccc2CN1CCCC1CCCC1. The van der Waals surface area contributed by atoms with Gasteiger partial charge in [-0.15, -0.1) is 0 Å². The average Bonchev–Trinajstić information content (AvgIpc) is 3.00. The lowest BCUT2D eigenvalue weighted by molar-refractivity contribution is 0.381. The molecule has 1 aromatic rings. The van der Waals surface area contributed by atoms with E-state index in [1.165, 1.54) is 44.2 Å². The van der Waals surface area contributed by atoms with Crippen LogP contribution in [-0.2, 0) is 6.54 Å². The summed E-state index contributed by atoms with van der Waals surface area (Å²) in [5.74, 6) is 1.17. The molecule has 3 rings (SSSR count). The van der Waals surface area contributed by atoms with E-state index in [0.717, 1.165) is 36.6 Å². The second kappa shape index (κ2) is 5.32. The number of amidine groups is 1. The molecule has 2 nitrogen and oxygen atoms in total. The van der Waals surface area contributed by atoms with Crippen molar-refractivity contribution in [3.63, 3.8) is 0 Å². The van der Waals surface area contributed by atoms with E-state index in [-0.39, 0.29) is 5.82 Å². The van der Waals surface area contributed by atoms with Gasteiger partial charge in [-0.05, 0) is 36.5 Å². The van der Waals surface area contributed by atoms with Gasteiger partial charge in [0.1, 0.15) is 11.7 Å². The van der Waals surface area contributed by atoms with Gasteiger partial charge < -0.3 is 4.90 Å². The summed E-state index contributed by atoms with van der Waals surface area (Å²) in [7, 11) is 0. The fourth-order valence-electron chi connectivity index (χ4n) is 3.42. The number of halogens is 1. The summed E-state index contributed by atoms with van der Waals surface area (Å²) < 4.78 is 13.2. The topological polar surface area (TPSA) is 27.1 Å². The normalized spacial score (nSPS) is 19.2. The Labute approximate surface area is 114 Å². The van der Waals surface area contributed by atoms with E-state index >= 15 is 0 Å². The Morgan fingerprint density at radius 3 is 2.84 bits per heavy atom. The maximum Gasteiger partial charge on any atom is 0.128 e. The molecular weight excluding hydrogens is 239 g/mol. The highest BCUT2D eigenvalue weighted by molar-refractivity contribution is 6.00. The molecule has 0 spiro atoms. The van der Waals surface area contributed by atoms with Crippen molar-refractivity contribution in [2.24, 2.45) is 5.92 Å². The zero-order valence-corrected chi connectivity index (χ0v) is 11.3. The largest absolute Gasteiger partial charge is 0.352 e. The van der Waals surface area contributed by atoms with Crippen molar-refractivity contribution in [2.45, 2.75) is 45.1 Å². The standard InChI is InChI=1S/C16H21FN2/c17-14-8-7-13-11-19(16(18)15(13)10-14)9-3-6-12-4-1-2-5-12/h7-8,10,12,18H,1-6,9,11H2. The summed E-state index contributed by atoms with van der Waals surface area (Å²) in [5.41, 5.74) is 1.87. The van der Waals surface area contributed by atoms with Crippen molar-refractivity contribution in [3.8, 4) is 0 Å². The molecule has 1 fully saturated rings. The van der Waals surface area contributed by atoms with Crippen LogP contribution in [0.2, 0.25) is 0 Å². The average molecular weight is 260 g/mol. The summed E-state index contributed by atoms with van der Waals surface area (Å²) in [5, 5.41) is 8.13. The van der Waals surface area contributed by atoms with Crippen LogP contribution in [0.4, 0.5) is 4.39 Å². The van der Waals surface area contributed by atoms with E-state index in [1.807, 2.05) is 6.07 Å². The van der Waals surface area contributed by atoms with E-state index in [0.29, 0.717) is 5.84 Å². The van der Waals surface area contributed by atoms with Gasteiger partial charge in [-0.2, -0.15) is 0 Å². The first-order valence-corrected chi connectivity index (χ1v) is 7.36. The van der Waals surface area contributed by atoms with E-state index in [4.69, 9.17) is 5.41 Å². The predicted octanol–water partition coefficient (Wildman–Crippen LogP) is 3.94. The number of rotatable bonds is 4. The number of fused-ring (bicyclic) bond motifs is 1. The number of hydrogen-bond donors (Lipinski definition) is 1. The van der Waals surface area contributed by atoms with Crippen LogP contribution in [0, 0.1) is 17.1 Å². The van der Waals surface area contributed by atoms with Crippen molar-refractivity contribution in [1.82, 2.24) is 4.90 Å². The molecule has 1 aliphatic heterocycles. The Bertz CT molecular complexity index is 478. The molecule has 1 aromatic carbocycles. The van der Waals surface area contributed by atoms with Crippen LogP contribution in [-0.4, -0.2) is 17.3 Å². The van der Waals surface area contributed by atoms with Gasteiger partial charge in [0.05, 0.1) is 0 Å². The smallest absolute Gasteiger partial charge is 0.128 e. The minimum atomic E-state index is -0.240. The summed E-state index contributed by atoms with van der Waals surface area (Å²) >= 11 is 0. The summed E-state index contributed by atoms with van der Waals surface area (Å²) in [4.78, 5) is 2.08. The fraction of sp³-hybridized carbons (Fsp3) is 0.562. The molecule has 1 N–H and O–H groups in total. The van der Waals surface area contributed by atoms with E-state index in [2.05, 4.69) is 4.90 Å². The molecule has 0 bridgehead atoms. The lowest BCUT2D eigenvalue weighted by atomic mass is 10.0. The Kier molecular flexibility index (Phi) is 3.54. The molecule has 0 amide bonds. The van der Waals surface area contributed by atoms with Crippen molar-refractivity contribution in [3.05, 3.63) is 35.1 Å². The van der Waals surface area contributed by atoms with Gasteiger partial charge in [-0.3, -0.25) is 5.41 Å². The van der Waals surface area contributed by atoms with Gasteiger partial charge in [-0.25, -0.2) is 4.39 Å². The van der Waals surface area contributed by atoms with Gasteiger partial charge in [0.25, 0.3) is 0 Å². The van der Waals surface area contributed by atoms with Crippen LogP contribution in [0.3, 0.4) is 0 Å². The van der Waals surface area contributed by atoms with Crippen molar-refractivity contribution < 1.29 is 4.39 Å². The lowest BCUT2D eigenvalue weighted by Crippen LogP contribution is -2.25. The maximum absolute atomic E-state index is 13.2. The Balaban J connectivity index is 1.55. The maximum atomic E-state index is 13.2. The molecule has 2 aliphatic rings. The molecule has 0 aromatic heterocycles. The van der Waals surface area contributed by atoms with E-state index < -0.39 is 0 Å². The van der Waals surface area contributed by atoms with Crippen LogP contribution >= 0.6 is 0 Å². The van der Waals surface area contributed by atoms with Gasteiger partial charge >= 0.3 is 0 Å². The Hall–Kier alpha value is -1.38. The second-order valence-electron chi connectivity index (χ2n) is 5.86. The van der Waals surface area contributed by atoms with Crippen LogP contribution in [0.15, 0.2) is 18.2 Å². The van der Waals surface area contributed by atoms with Crippen LogP contribution < -0.4 is 0 Å². The molecule has 19 heavy (non-hydrogen) atoms. The summed E-state index contributed by atoms with van der Waals surface area (Å²) in [6.07, 6.45) is 8.02. The molecular formula is C16H21FN2. The molecule has 0 radical (unpaired) electrons. The fourth-order valence-corrected chi connectivity index (χ4v) is 3.42. The van der Waals surface area contributed by atoms with Gasteiger partial charge in [-0.1, -0.05) is 31.7 Å². The third-order valence-corrected chi connectivity index (χ3v) is 4.52. The first kappa shape index (κ1) is 12.6. The van der Waals surface area contributed by atoms with Crippen LogP contribution in [0.1, 0.15) is 49.7 Å². The van der Waals surface area contributed by atoms with E-state index in [9.17, 15) is 4.39 Å². The van der Waals surface area contributed by atoms with Gasteiger partial charge in [0.15, 0.2) is 0 Å². The Morgan fingerprint density at radius 1 is 1.26 bits per heavy atom.